The van der Waals surface area contributed by atoms with Crippen LogP contribution in [0.25, 0.3) is 0 Å². The number of alkyl halides is 4. The van der Waals surface area contributed by atoms with E-state index in [1.807, 2.05) is 0 Å². The van der Waals surface area contributed by atoms with Gasteiger partial charge in [-0.2, -0.15) is 13.2 Å². The van der Waals surface area contributed by atoms with Crippen molar-refractivity contribution in [3.63, 3.8) is 0 Å². The van der Waals surface area contributed by atoms with Gasteiger partial charge >= 0.3 is 6.18 Å². The van der Waals surface area contributed by atoms with Gasteiger partial charge in [0.1, 0.15) is 0 Å². The quantitative estimate of drug-likeness (QED) is 0.654. The topological polar surface area (TPSA) is 20.2 Å². The molecule has 0 radical (unpaired) electrons. The molecular formula is C7H10F4O. The van der Waals surface area contributed by atoms with Gasteiger partial charge in [-0.15, -0.1) is 0 Å². The van der Waals surface area contributed by atoms with E-state index < -0.39 is 24.4 Å². The lowest BCUT2D eigenvalue weighted by atomic mass is 9.66. The Bertz CT molecular complexity index is 156. The molecule has 1 unspecified atom stereocenters. The molecule has 0 aliphatic heterocycles. The first-order chi connectivity index (χ1) is 5.42. The molecule has 1 aliphatic rings. The minimum Gasteiger partial charge on any atom is -0.396 e. The summed E-state index contributed by atoms with van der Waals surface area (Å²) < 4.78 is 48.3. The average molecular weight is 186 g/mol. The van der Waals surface area contributed by atoms with Gasteiger partial charge < -0.3 is 5.11 Å². The van der Waals surface area contributed by atoms with E-state index in [0.29, 0.717) is 6.42 Å². The van der Waals surface area contributed by atoms with E-state index in [0.717, 1.165) is 0 Å². The summed E-state index contributed by atoms with van der Waals surface area (Å²) in [5.74, 6) is 0. The summed E-state index contributed by atoms with van der Waals surface area (Å²) in [4.78, 5) is 0. The Labute approximate surface area is 67.4 Å². The summed E-state index contributed by atoms with van der Waals surface area (Å²) >= 11 is 0. The summed E-state index contributed by atoms with van der Waals surface area (Å²) in [6.07, 6.45) is -6.88. The van der Waals surface area contributed by atoms with Crippen molar-refractivity contribution >= 4 is 0 Å². The van der Waals surface area contributed by atoms with Gasteiger partial charge in [0.2, 0.25) is 6.17 Å². The Morgan fingerprint density at radius 2 is 1.83 bits per heavy atom. The number of rotatable bonds is 2. The summed E-state index contributed by atoms with van der Waals surface area (Å²) in [6.45, 7) is -0.715. The highest BCUT2D eigenvalue weighted by Gasteiger charge is 2.56. The monoisotopic (exact) mass is 186 g/mol. The van der Waals surface area contributed by atoms with Gasteiger partial charge in [0.15, 0.2) is 0 Å². The fourth-order valence-corrected chi connectivity index (χ4v) is 1.47. The van der Waals surface area contributed by atoms with Gasteiger partial charge in [0.25, 0.3) is 0 Å². The van der Waals surface area contributed by atoms with E-state index in [4.69, 9.17) is 5.11 Å². The van der Waals surface area contributed by atoms with E-state index in [-0.39, 0.29) is 12.8 Å². The number of halogens is 4. The third-order valence-electron chi connectivity index (χ3n) is 2.49. The Balaban J connectivity index is 2.67. The summed E-state index contributed by atoms with van der Waals surface area (Å²) in [6, 6.07) is 0. The summed E-state index contributed by atoms with van der Waals surface area (Å²) in [7, 11) is 0. The summed E-state index contributed by atoms with van der Waals surface area (Å²) in [5.41, 5.74) is -1.53. The molecule has 1 nitrogen and oxygen atoms in total. The van der Waals surface area contributed by atoms with E-state index >= 15 is 0 Å². The molecule has 0 saturated heterocycles. The zero-order valence-corrected chi connectivity index (χ0v) is 6.36. The van der Waals surface area contributed by atoms with Gasteiger partial charge in [0, 0.05) is 5.41 Å². The molecule has 1 atom stereocenters. The molecule has 1 aliphatic carbocycles. The summed E-state index contributed by atoms with van der Waals surface area (Å²) in [5, 5.41) is 8.63. The fourth-order valence-electron chi connectivity index (χ4n) is 1.47. The zero-order valence-electron chi connectivity index (χ0n) is 6.36. The highest BCUT2D eigenvalue weighted by atomic mass is 19.4. The van der Waals surface area contributed by atoms with Crippen molar-refractivity contribution in [3.05, 3.63) is 0 Å². The fraction of sp³-hybridized carbons (Fsp3) is 1.00. The van der Waals surface area contributed by atoms with Crippen LogP contribution in [-0.2, 0) is 0 Å². The van der Waals surface area contributed by atoms with Gasteiger partial charge in [-0.05, 0) is 12.8 Å². The first kappa shape index (κ1) is 9.77. The van der Waals surface area contributed by atoms with Gasteiger partial charge in [-0.3, -0.25) is 0 Å². The van der Waals surface area contributed by atoms with Crippen LogP contribution in [0.1, 0.15) is 19.3 Å². The first-order valence-electron chi connectivity index (χ1n) is 3.74. The number of hydrogen-bond acceptors (Lipinski definition) is 1. The second kappa shape index (κ2) is 2.87. The Hall–Kier alpha value is -0.320. The maximum Gasteiger partial charge on any atom is 0.420 e. The van der Waals surface area contributed by atoms with Gasteiger partial charge in [-0.25, -0.2) is 4.39 Å². The average Bonchev–Trinajstić information content (AvgIpc) is 1.84. The predicted molar refractivity (Wildman–Crippen MR) is 34.3 cm³/mol. The van der Waals surface area contributed by atoms with Crippen LogP contribution in [0.15, 0.2) is 0 Å². The van der Waals surface area contributed by atoms with Crippen LogP contribution in [0.3, 0.4) is 0 Å². The molecular weight excluding hydrogens is 176 g/mol. The highest BCUT2D eigenvalue weighted by Crippen LogP contribution is 2.49. The van der Waals surface area contributed by atoms with Crippen molar-refractivity contribution in [2.75, 3.05) is 6.61 Å². The third-order valence-corrected chi connectivity index (χ3v) is 2.49. The molecule has 0 heterocycles. The van der Waals surface area contributed by atoms with E-state index in [9.17, 15) is 17.6 Å². The van der Waals surface area contributed by atoms with Crippen molar-refractivity contribution in [1.82, 2.24) is 0 Å². The van der Waals surface area contributed by atoms with Crippen LogP contribution in [0.2, 0.25) is 0 Å². The third kappa shape index (κ3) is 1.42. The van der Waals surface area contributed by atoms with Crippen molar-refractivity contribution in [3.8, 4) is 0 Å². The van der Waals surface area contributed by atoms with E-state index in [1.165, 1.54) is 0 Å². The smallest absolute Gasteiger partial charge is 0.396 e. The molecule has 12 heavy (non-hydrogen) atoms. The van der Waals surface area contributed by atoms with Crippen molar-refractivity contribution in [1.29, 1.82) is 0 Å². The molecule has 1 saturated carbocycles. The molecule has 0 spiro atoms. The molecule has 0 bridgehead atoms. The lowest BCUT2D eigenvalue weighted by Crippen LogP contribution is -2.49. The van der Waals surface area contributed by atoms with Crippen LogP contribution in [0.4, 0.5) is 17.6 Å². The normalized spacial score (nSPS) is 24.8. The standard InChI is InChI=1S/C7H10F4O/c8-5(7(9,10)11)6(4-12)2-1-3-6/h5,12H,1-4H2. The van der Waals surface area contributed by atoms with Crippen LogP contribution < -0.4 is 0 Å². The number of aliphatic hydroxyl groups excluding tert-OH is 1. The van der Waals surface area contributed by atoms with Gasteiger partial charge in [0.05, 0.1) is 6.61 Å². The maximum atomic E-state index is 12.7. The molecule has 0 aromatic carbocycles. The largest absolute Gasteiger partial charge is 0.420 e. The predicted octanol–water partition coefficient (Wildman–Crippen LogP) is 2.05. The number of aliphatic hydroxyl groups is 1. The molecule has 0 aromatic rings. The maximum absolute atomic E-state index is 12.7. The van der Waals surface area contributed by atoms with Crippen molar-refractivity contribution in [2.24, 2.45) is 5.41 Å². The number of hydrogen-bond donors (Lipinski definition) is 1. The minimum atomic E-state index is -4.83. The molecule has 1 rings (SSSR count). The minimum absolute atomic E-state index is 0.129. The Morgan fingerprint density at radius 1 is 1.33 bits per heavy atom. The lowest BCUT2D eigenvalue weighted by molar-refractivity contribution is -0.232. The zero-order chi connectivity index (χ0) is 9.41. The van der Waals surface area contributed by atoms with E-state index in [1.54, 1.807) is 0 Å². The first-order valence-corrected chi connectivity index (χ1v) is 3.74. The highest BCUT2D eigenvalue weighted by molar-refractivity contribution is 4.96. The van der Waals surface area contributed by atoms with E-state index in [2.05, 4.69) is 0 Å². The molecule has 5 heteroatoms. The lowest BCUT2D eigenvalue weighted by Gasteiger charge is -2.43. The molecule has 1 N–H and O–H groups in total. The molecule has 72 valence electrons. The SMILES string of the molecule is OCC1(C(F)C(F)(F)F)CCC1. The van der Waals surface area contributed by atoms with Crippen LogP contribution in [0, 0.1) is 5.41 Å². The second-order valence-electron chi connectivity index (χ2n) is 3.28. The Kier molecular flexibility index (Phi) is 2.33. The Morgan fingerprint density at radius 3 is 1.92 bits per heavy atom. The van der Waals surface area contributed by atoms with Crippen LogP contribution in [0.5, 0.6) is 0 Å². The second-order valence-corrected chi connectivity index (χ2v) is 3.28. The van der Waals surface area contributed by atoms with Crippen LogP contribution >= 0.6 is 0 Å². The van der Waals surface area contributed by atoms with Crippen LogP contribution in [-0.4, -0.2) is 24.1 Å². The molecule has 0 amide bonds. The van der Waals surface area contributed by atoms with Crippen molar-refractivity contribution < 1.29 is 22.7 Å². The van der Waals surface area contributed by atoms with Crippen molar-refractivity contribution in [2.45, 2.75) is 31.6 Å². The van der Waals surface area contributed by atoms with Gasteiger partial charge in [-0.1, -0.05) is 6.42 Å². The molecule has 1 fully saturated rings. The molecule has 0 aromatic heterocycles.